The van der Waals surface area contributed by atoms with Crippen molar-refractivity contribution < 1.29 is 9.59 Å². The van der Waals surface area contributed by atoms with Crippen LogP contribution < -0.4 is 15.5 Å². The van der Waals surface area contributed by atoms with Gasteiger partial charge in [-0.2, -0.15) is 0 Å². The highest BCUT2D eigenvalue weighted by Gasteiger charge is 2.37. The molecular weight excluding hydrogens is 338 g/mol. The Balaban J connectivity index is 1.57. The van der Waals surface area contributed by atoms with E-state index in [9.17, 15) is 9.59 Å². The Morgan fingerprint density at radius 2 is 1.48 bits per heavy atom. The zero-order valence-corrected chi connectivity index (χ0v) is 16.7. The first-order valence-corrected chi connectivity index (χ1v) is 10.4. The Kier molecular flexibility index (Phi) is 6.40. The molecule has 0 aromatic heterocycles. The molecule has 2 N–H and O–H groups in total. The molecule has 2 fully saturated rings. The molecule has 1 aromatic rings. The maximum atomic E-state index is 12.7. The van der Waals surface area contributed by atoms with Crippen molar-refractivity contribution in [3.8, 4) is 0 Å². The molecule has 0 radical (unpaired) electrons. The van der Waals surface area contributed by atoms with Crippen molar-refractivity contribution in [1.82, 2.24) is 5.32 Å². The van der Waals surface area contributed by atoms with Crippen LogP contribution in [0.1, 0.15) is 65.2 Å². The lowest BCUT2D eigenvalue weighted by molar-refractivity contribution is -0.138. The van der Waals surface area contributed by atoms with Gasteiger partial charge in [0.05, 0.1) is 0 Å². The Bertz CT molecular complexity index is 640. The quantitative estimate of drug-likeness (QED) is 0.605. The van der Waals surface area contributed by atoms with E-state index in [-0.39, 0.29) is 17.9 Å². The van der Waals surface area contributed by atoms with E-state index < -0.39 is 5.41 Å². The van der Waals surface area contributed by atoms with Crippen LogP contribution in [-0.4, -0.2) is 30.9 Å². The third-order valence-corrected chi connectivity index (χ3v) is 5.92. The van der Waals surface area contributed by atoms with E-state index in [1.54, 1.807) is 13.8 Å². The summed E-state index contributed by atoms with van der Waals surface area (Å²) in [6.07, 6.45) is 9.30. The molecule has 5 heteroatoms. The van der Waals surface area contributed by atoms with Gasteiger partial charge in [0.25, 0.3) is 0 Å². The van der Waals surface area contributed by atoms with Crippen LogP contribution in [0, 0.1) is 5.41 Å². The average molecular weight is 372 g/mol. The second-order valence-electron chi connectivity index (χ2n) is 8.48. The van der Waals surface area contributed by atoms with Crippen LogP contribution >= 0.6 is 0 Å². The molecule has 1 aliphatic heterocycles. The Morgan fingerprint density at radius 1 is 0.889 bits per heavy atom. The Labute approximate surface area is 162 Å². The predicted molar refractivity (Wildman–Crippen MR) is 110 cm³/mol. The molecule has 2 aliphatic rings. The maximum Gasteiger partial charge on any atom is 0.239 e. The number of anilines is 2. The van der Waals surface area contributed by atoms with Gasteiger partial charge < -0.3 is 15.5 Å². The van der Waals surface area contributed by atoms with Crippen molar-refractivity contribution in [2.45, 2.75) is 71.3 Å². The van der Waals surface area contributed by atoms with Gasteiger partial charge in [-0.15, -0.1) is 0 Å². The van der Waals surface area contributed by atoms with E-state index in [4.69, 9.17) is 0 Å². The molecule has 27 heavy (non-hydrogen) atoms. The second-order valence-corrected chi connectivity index (χ2v) is 8.48. The van der Waals surface area contributed by atoms with Gasteiger partial charge in [0.15, 0.2) is 0 Å². The summed E-state index contributed by atoms with van der Waals surface area (Å²) >= 11 is 0. The fraction of sp³-hybridized carbons (Fsp3) is 0.636. The van der Waals surface area contributed by atoms with Gasteiger partial charge in [0.1, 0.15) is 5.41 Å². The largest absolute Gasteiger partial charge is 0.372 e. The minimum atomic E-state index is -1.10. The van der Waals surface area contributed by atoms with Crippen molar-refractivity contribution in [3.05, 3.63) is 24.3 Å². The predicted octanol–water partition coefficient (Wildman–Crippen LogP) is 4.09. The normalized spacial score (nSPS) is 18.8. The van der Waals surface area contributed by atoms with Gasteiger partial charge >= 0.3 is 0 Å². The van der Waals surface area contributed by atoms with Crippen LogP contribution in [-0.2, 0) is 9.59 Å². The first-order chi connectivity index (χ1) is 13.0. The number of carbonyl (C=O) groups excluding carboxylic acids is 2. The standard InChI is InChI=1S/C22H33N3O2/c1-22(2,20(26)23-17-9-5-3-4-6-10-17)21(27)24-18-11-13-19(14-12-18)25-15-7-8-16-25/h11-14,17H,3-10,15-16H2,1-2H3,(H,23,26)(H,24,27). The van der Waals surface area contributed by atoms with Gasteiger partial charge in [-0.05, 0) is 63.8 Å². The van der Waals surface area contributed by atoms with Crippen molar-refractivity contribution >= 4 is 23.2 Å². The molecule has 0 unspecified atom stereocenters. The van der Waals surface area contributed by atoms with Crippen LogP contribution in [0.5, 0.6) is 0 Å². The summed E-state index contributed by atoms with van der Waals surface area (Å²) in [4.78, 5) is 27.8. The van der Waals surface area contributed by atoms with Crippen molar-refractivity contribution in [3.63, 3.8) is 0 Å². The number of hydrogen-bond acceptors (Lipinski definition) is 3. The number of benzene rings is 1. The number of carbonyl (C=O) groups is 2. The zero-order valence-electron chi connectivity index (χ0n) is 16.7. The van der Waals surface area contributed by atoms with Gasteiger partial charge in [0.2, 0.25) is 11.8 Å². The lowest BCUT2D eigenvalue weighted by Gasteiger charge is -2.26. The first kappa shape index (κ1) is 19.7. The van der Waals surface area contributed by atoms with Crippen LogP contribution in [0.25, 0.3) is 0 Å². The van der Waals surface area contributed by atoms with E-state index in [1.165, 1.54) is 31.4 Å². The highest BCUT2D eigenvalue weighted by Crippen LogP contribution is 2.25. The van der Waals surface area contributed by atoms with E-state index >= 15 is 0 Å². The number of nitrogens with zero attached hydrogens (tertiary/aromatic N) is 1. The molecular formula is C22H33N3O2. The third-order valence-electron chi connectivity index (χ3n) is 5.92. The Hall–Kier alpha value is -2.04. The summed E-state index contributed by atoms with van der Waals surface area (Å²) in [6.45, 7) is 5.60. The molecule has 1 aliphatic carbocycles. The zero-order chi connectivity index (χ0) is 19.3. The van der Waals surface area contributed by atoms with Crippen LogP contribution in [0.3, 0.4) is 0 Å². The molecule has 0 atom stereocenters. The summed E-state index contributed by atoms with van der Waals surface area (Å²) in [5, 5.41) is 6.02. The lowest BCUT2D eigenvalue weighted by Crippen LogP contribution is -2.48. The summed E-state index contributed by atoms with van der Waals surface area (Å²) in [7, 11) is 0. The maximum absolute atomic E-state index is 12.7. The highest BCUT2D eigenvalue weighted by atomic mass is 16.2. The summed E-state index contributed by atoms with van der Waals surface area (Å²) in [5.74, 6) is -0.442. The van der Waals surface area contributed by atoms with Crippen molar-refractivity contribution in [2.24, 2.45) is 5.41 Å². The van der Waals surface area contributed by atoms with Gasteiger partial charge in [-0.1, -0.05) is 25.7 Å². The molecule has 148 valence electrons. The molecule has 1 saturated heterocycles. The highest BCUT2D eigenvalue weighted by molar-refractivity contribution is 6.09. The van der Waals surface area contributed by atoms with E-state index in [1.807, 2.05) is 24.3 Å². The van der Waals surface area contributed by atoms with E-state index in [0.29, 0.717) is 0 Å². The topological polar surface area (TPSA) is 61.4 Å². The van der Waals surface area contributed by atoms with Crippen LogP contribution in [0.4, 0.5) is 11.4 Å². The third kappa shape index (κ3) is 5.02. The minimum Gasteiger partial charge on any atom is -0.372 e. The number of amides is 2. The van der Waals surface area contributed by atoms with E-state index in [2.05, 4.69) is 15.5 Å². The lowest BCUT2D eigenvalue weighted by atomic mass is 9.90. The SMILES string of the molecule is CC(C)(C(=O)Nc1ccc(N2CCCC2)cc1)C(=O)NC1CCCCCC1. The molecule has 2 amide bonds. The van der Waals surface area contributed by atoms with Crippen molar-refractivity contribution in [2.75, 3.05) is 23.3 Å². The molecule has 1 aromatic carbocycles. The van der Waals surface area contributed by atoms with Crippen LogP contribution in [0.2, 0.25) is 0 Å². The smallest absolute Gasteiger partial charge is 0.239 e. The fourth-order valence-corrected chi connectivity index (χ4v) is 3.91. The summed E-state index contributed by atoms with van der Waals surface area (Å²) < 4.78 is 0. The van der Waals surface area contributed by atoms with Gasteiger partial charge in [-0.3, -0.25) is 9.59 Å². The monoisotopic (exact) mass is 371 g/mol. The number of nitrogens with one attached hydrogen (secondary N) is 2. The van der Waals surface area contributed by atoms with Gasteiger partial charge in [0, 0.05) is 30.5 Å². The van der Waals surface area contributed by atoms with Crippen LogP contribution in [0.15, 0.2) is 24.3 Å². The number of hydrogen-bond donors (Lipinski definition) is 2. The molecule has 5 nitrogen and oxygen atoms in total. The summed E-state index contributed by atoms with van der Waals surface area (Å²) in [5.41, 5.74) is 0.828. The molecule has 3 rings (SSSR count). The fourth-order valence-electron chi connectivity index (χ4n) is 3.91. The van der Waals surface area contributed by atoms with E-state index in [0.717, 1.165) is 44.5 Å². The molecule has 0 spiro atoms. The molecule has 1 saturated carbocycles. The molecule has 1 heterocycles. The minimum absolute atomic E-state index is 0.180. The average Bonchev–Trinajstić information content (AvgIpc) is 3.07. The molecule has 0 bridgehead atoms. The van der Waals surface area contributed by atoms with Gasteiger partial charge in [-0.25, -0.2) is 0 Å². The first-order valence-electron chi connectivity index (χ1n) is 10.4. The number of rotatable bonds is 5. The Morgan fingerprint density at radius 3 is 2.07 bits per heavy atom. The second kappa shape index (κ2) is 8.77. The summed E-state index contributed by atoms with van der Waals surface area (Å²) in [6, 6.07) is 8.13. The van der Waals surface area contributed by atoms with Crippen molar-refractivity contribution in [1.29, 1.82) is 0 Å².